The molecule has 1 aromatic carbocycles. The summed E-state index contributed by atoms with van der Waals surface area (Å²) in [6.45, 7) is 2.99. The molecule has 1 atom stereocenters. The third-order valence-electron chi connectivity index (χ3n) is 4.55. The Morgan fingerprint density at radius 1 is 1.14 bits per heavy atom. The number of allylic oxidation sites excluding steroid dienone is 3. The zero-order valence-electron chi connectivity index (χ0n) is 15.4. The SMILES string of the molecule is CC(=O)C1=C(C)NC(C)=C(C(=O)OCC(F)(F)F)C1c1csc2ccccc12. The van der Waals surface area contributed by atoms with Gasteiger partial charge in [-0.1, -0.05) is 18.2 Å². The molecular formula is C20H18F3NO3S. The zero-order chi connectivity index (χ0) is 20.6. The highest BCUT2D eigenvalue weighted by Gasteiger charge is 2.38. The van der Waals surface area contributed by atoms with Crippen LogP contribution >= 0.6 is 11.3 Å². The Kier molecular flexibility index (Phi) is 5.34. The Bertz CT molecular complexity index is 1020. The molecule has 1 aliphatic rings. The van der Waals surface area contributed by atoms with E-state index in [9.17, 15) is 22.8 Å². The molecule has 148 valence electrons. The molecular weight excluding hydrogens is 391 g/mol. The summed E-state index contributed by atoms with van der Waals surface area (Å²) in [4.78, 5) is 25.0. The highest BCUT2D eigenvalue weighted by molar-refractivity contribution is 7.17. The maximum atomic E-state index is 12.6. The molecule has 0 bridgehead atoms. The van der Waals surface area contributed by atoms with Crippen LogP contribution < -0.4 is 5.32 Å². The summed E-state index contributed by atoms with van der Waals surface area (Å²) in [5.74, 6) is -2.15. The number of hydrogen-bond acceptors (Lipinski definition) is 5. The van der Waals surface area contributed by atoms with Crippen LogP contribution in [0.25, 0.3) is 10.1 Å². The zero-order valence-corrected chi connectivity index (χ0v) is 16.3. The molecule has 1 aliphatic heterocycles. The molecule has 3 rings (SSSR count). The summed E-state index contributed by atoms with van der Waals surface area (Å²) in [7, 11) is 0. The Morgan fingerprint density at radius 3 is 2.43 bits per heavy atom. The molecule has 0 fully saturated rings. The molecule has 2 aromatic rings. The van der Waals surface area contributed by atoms with Crippen molar-refractivity contribution in [3.8, 4) is 0 Å². The first-order valence-corrected chi connectivity index (χ1v) is 9.37. The van der Waals surface area contributed by atoms with Crippen molar-refractivity contribution in [2.24, 2.45) is 0 Å². The number of halogens is 3. The normalized spacial score (nSPS) is 17.7. The Morgan fingerprint density at radius 2 is 1.79 bits per heavy atom. The lowest BCUT2D eigenvalue weighted by atomic mass is 9.79. The molecule has 2 heterocycles. The van der Waals surface area contributed by atoms with Gasteiger partial charge in [0.1, 0.15) is 0 Å². The minimum atomic E-state index is -4.63. The fraction of sp³-hybridized carbons (Fsp3) is 0.300. The van der Waals surface area contributed by atoms with Crippen LogP contribution in [0, 0.1) is 0 Å². The number of carbonyl (C=O) groups excluding carboxylic acids is 2. The number of alkyl halides is 3. The van der Waals surface area contributed by atoms with Crippen molar-refractivity contribution >= 4 is 33.2 Å². The van der Waals surface area contributed by atoms with Gasteiger partial charge >= 0.3 is 12.1 Å². The van der Waals surface area contributed by atoms with Crippen LogP contribution in [0.4, 0.5) is 13.2 Å². The van der Waals surface area contributed by atoms with Gasteiger partial charge in [-0.25, -0.2) is 4.79 Å². The van der Waals surface area contributed by atoms with Gasteiger partial charge < -0.3 is 10.1 Å². The Hall–Kier alpha value is -2.61. The maximum absolute atomic E-state index is 12.6. The van der Waals surface area contributed by atoms with Gasteiger partial charge in [0, 0.05) is 27.6 Å². The number of carbonyl (C=O) groups is 2. The molecule has 4 nitrogen and oxygen atoms in total. The molecule has 0 spiro atoms. The van der Waals surface area contributed by atoms with Gasteiger partial charge in [-0.05, 0) is 43.2 Å². The van der Waals surface area contributed by atoms with E-state index >= 15 is 0 Å². The van der Waals surface area contributed by atoms with Gasteiger partial charge in [-0.15, -0.1) is 11.3 Å². The molecule has 0 amide bonds. The highest BCUT2D eigenvalue weighted by atomic mass is 32.1. The smallest absolute Gasteiger partial charge is 0.422 e. The summed E-state index contributed by atoms with van der Waals surface area (Å²) in [5.41, 5.74) is 1.99. The minimum Gasteiger partial charge on any atom is -0.453 e. The van der Waals surface area contributed by atoms with Crippen molar-refractivity contribution in [2.75, 3.05) is 6.61 Å². The van der Waals surface area contributed by atoms with Gasteiger partial charge in [0.2, 0.25) is 0 Å². The first-order valence-electron chi connectivity index (χ1n) is 8.49. The minimum absolute atomic E-state index is 0.0172. The quantitative estimate of drug-likeness (QED) is 0.735. The van der Waals surface area contributed by atoms with Crippen LogP contribution in [-0.4, -0.2) is 24.5 Å². The number of dihydropyridines is 1. The van der Waals surface area contributed by atoms with E-state index in [0.29, 0.717) is 22.5 Å². The maximum Gasteiger partial charge on any atom is 0.422 e. The average Bonchev–Trinajstić information content (AvgIpc) is 3.01. The molecule has 0 aliphatic carbocycles. The monoisotopic (exact) mass is 409 g/mol. The van der Waals surface area contributed by atoms with Crippen LogP contribution in [0.15, 0.2) is 52.2 Å². The number of nitrogens with one attached hydrogen (secondary N) is 1. The number of hydrogen-bond donors (Lipinski definition) is 1. The lowest BCUT2D eigenvalue weighted by Crippen LogP contribution is -2.32. The Balaban J connectivity index is 2.14. The lowest BCUT2D eigenvalue weighted by Gasteiger charge is -2.30. The largest absolute Gasteiger partial charge is 0.453 e. The number of ether oxygens (including phenoxy) is 1. The second-order valence-corrected chi connectivity index (χ2v) is 7.48. The van der Waals surface area contributed by atoms with Crippen LogP contribution in [0.5, 0.6) is 0 Å². The number of ketones is 1. The average molecular weight is 409 g/mol. The van der Waals surface area contributed by atoms with E-state index in [4.69, 9.17) is 0 Å². The summed E-state index contributed by atoms with van der Waals surface area (Å²) in [6, 6.07) is 7.48. The van der Waals surface area contributed by atoms with E-state index < -0.39 is 24.7 Å². The van der Waals surface area contributed by atoms with Gasteiger partial charge in [0.25, 0.3) is 0 Å². The molecule has 0 saturated carbocycles. The van der Waals surface area contributed by atoms with Gasteiger partial charge in [-0.2, -0.15) is 13.2 Å². The molecule has 8 heteroatoms. The third-order valence-corrected chi connectivity index (χ3v) is 5.53. The van der Waals surface area contributed by atoms with Crippen molar-refractivity contribution in [1.29, 1.82) is 0 Å². The van der Waals surface area contributed by atoms with Crippen LogP contribution in [0.2, 0.25) is 0 Å². The summed E-state index contributed by atoms with van der Waals surface area (Å²) < 4.78 is 43.1. The van der Waals surface area contributed by atoms with E-state index in [1.807, 2.05) is 29.6 Å². The van der Waals surface area contributed by atoms with Crippen LogP contribution in [0.3, 0.4) is 0 Å². The predicted octanol–water partition coefficient (Wildman–Crippen LogP) is 4.83. The molecule has 1 N–H and O–H groups in total. The van der Waals surface area contributed by atoms with E-state index in [0.717, 1.165) is 10.1 Å². The fourth-order valence-electron chi connectivity index (χ4n) is 3.49. The second-order valence-electron chi connectivity index (χ2n) is 6.57. The molecule has 1 unspecified atom stereocenters. The summed E-state index contributed by atoms with van der Waals surface area (Å²) in [5, 5.41) is 5.62. The van der Waals surface area contributed by atoms with Gasteiger partial charge in [0.05, 0.1) is 5.57 Å². The number of fused-ring (bicyclic) bond motifs is 1. The number of esters is 1. The highest BCUT2D eigenvalue weighted by Crippen LogP contribution is 2.43. The van der Waals surface area contributed by atoms with Gasteiger partial charge in [-0.3, -0.25) is 4.79 Å². The van der Waals surface area contributed by atoms with Crippen molar-refractivity contribution in [3.05, 3.63) is 57.7 Å². The van der Waals surface area contributed by atoms with Crippen LogP contribution in [0.1, 0.15) is 32.3 Å². The van der Waals surface area contributed by atoms with Crippen molar-refractivity contribution < 1.29 is 27.5 Å². The lowest BCUT2D eigenvalue weighted by molar-refractivity contribution is -0.183. The number of benzene rings is 1. The van der Waals surface area contributed by atoms with Gasteiger partial charge in [0.15, 0.2) is 12.4 Å². The second kappa shape index (κ2) is 7.43. The Labute approximate surface area is 163 Å². The van der Waals surface area contributed by atoms with Crippen molar-refractivity contribution in [1.82, 2.24) is 5.32 Å². The molecule has 0 saturated heterocycles. The van der Waals surface area contributed by atoms with E-state index in [1.165, 1.54) is 18.3 Å². The first kappa shape index (κ1) is 20.1. The molecule has 0 radical (unpaired) electrons. The number of rotatable bonds is 4. The van der Waals surface area contributed by atoms with E-state index in [-0.39, 0.29) is 11.4 Å². The fourth-order valence-corrected chi connectivity index (χ4v) is 4.48. The number of Topliss-reactive ketones (excluding diaryl/α,β-unsaturated/α-hetero) is 1. The third kappa shape index (κ3) is 3.82. The summed E-state index contributed by atoms with van der Waals surface area (Å²) >= 11 is 1.45. The first-order chi connectivity index (χ1) is 13.1. The van der Waals surface area contributed by atoms with Crippen molar-refractivity contribution in [3.63, 3.8) is 0 Å². The van der Waals surface area contributed by atoms with E-state index in [2.05, 4.69) is 10.1 Å². The van der Waals surface area contributed by atoms with E-state index in [1.54, 1.807) is 13.8 Å². The predicted molar refractivity (Wildman–Crippen MR) is 101 cm³/mol. The standard InChI is InChI=1S/C20H18F3NO3S/c1-10-16(12(3)25)18(14-8-28-15-7-5-4-6-13(14)15)17(11(2)24-10)19(26)27-9-20(21,22)23/h4-8,18,24H,9H2,1-3H3. The van der Waals surface area contributed by atoms with Crippen LogP contribution in [-0.2, 0) is 14.3 Å². The van der Waals surface area contributed by atoms with Crippen molar-refractivity contribution in [2.45, 2.75) is 32.9 Å². The molecule has 1 aromatic heterocycles. The summed E-state index contributed by atoms with van der Waals surface area (Å²) in [6.07, 6.45) is -4.63. The molecule has 28 heavy (non-hydrogen) atoms. The topological polar surface area (TPSA) is 55.4 Å². The number of thiophene rings is 1.